The Morgan fingerprint density at radius 2 is 1.75 bits per heavy atom. The summed E-state index contributed by atoms with van der Waals surface area (Å²) in [6.07, 6.45) is 3.08. The number of amides is 1. The van der Waals surface area contributed by atoms with Crippen molar-refractivity contribution in [2.75, 3.05) is 14.1 Å². The van der Waals surface area contributed by atoms with Gasteiger partial charge in [0.2, 0.25) is 5.91 Å². The van der Waals surface area contributed by atoms with Crippen molar-refractivity contribution in [2.45, 2.75) is 31.8 Å². The Morgan fingerprint density at radius 1 is 1.25 bits per heavy atom. The van der Waals surface area contributed by atoms with E-state index in [0.29, 0.717) is 0 Å². The minimum atomic E-state index is -0.170. The molecule has 0 aromatic heterocycles. The van der Waals surface area contributed by atoms with E-state index in [0.717, 1.165) is 25.7 Å². The van der Waals surface area contributed by atoms with Gasteiger partial charge in [-0.15, -0.1) is 0 Å². The highest BCUT2D eigenvalue weighted by Crippen LogP contribution is 2.25. The second-order valence-corrected chi connectivity index (χ2v) is 3.74. The van der Waals surface area contributed by atoms with Crippen molar-refractivity contribution in [3.8, 4) is 0 Å². The summed E-state index contributed by atoms with van der Waals surface area (Å²) in [6, 6.07) is 0. The first-order valence-corrected chi connectivity index (χ1v) is 4.50. The Morgan fingerprint density at radius 3 is 2.17 bits per heavy atom. The molecule has 3 heteroatoms. The number of aliphatic hydroxyl groups excluding tert-OH is 1. The van der Waals surface area contributed by atoms with Crippen molar-refractivity contribution in [1.82, 2.24) is 4.90 Å². The molecule has 1 N–H and O–H groups in total. The van der Waals surface area contributed by atoms with Crippen LogP contribution in [0.3, 0.4) is 0 Å². The molecule has 3 nitrogen and oxygen atoms in total. The zero-order valence-electron chi connectivity index (χ0n) is 7.79. The molecule has 0 atom stereocenters. The van der Waals surface area contributed by atoms with Crippen LogP contribution in [0.15, 0.2) is 0 Å². The van der Waals surface area contributed by atoms with Gasteiger partial charge in [-0.3, -0.25) is 4.79 Å². The van der Waals surface area contributed by atoms with E-state index < -0.39 is 0 Å². The van der Waals surface area contributed by atoms with Crippen molar-refractivity contribution < 1.29 is 9.90 Å². The predicted molar refractivity (Wildman–Crippen MR) is 46.7 cm³/mol. The quantitative estimate of drug-likeness (QED) is 0.628. The fourth-order valence-electron chi connectivity index (χ4n) is 1.69. The number of carbonyl (C=O) groups excluding carboxylic acids is 1. The molecule has 70 valence electrons. The Bertz CT molecular complexity index is 160. The van der Waals surface area contributed by atoms with E-state index in [9.17, 15) is 9.90 Å². The van der Waals surface area contributed by atoms with Crippen molar-refractivity contribution in [3.05, 3.63) is 0 Å². The molecule has 1 aliphatic rings. The first kappa shape index (κ1) is 9.52. The molecule has 0 aliphatic heterocycles. The van der Waals surface area contributed by atoms with Crippen molar-refractivity contribution in [3.63, 3.8) is 0 Å². The smallest absolute Gasteiger partial charge is 0.225 e. The van der Waals surface area contributed by atoms with Gasteiger partial charge >= 0.3 is 0 Å². The maximum absolute atomic E-state index is 11.4. The van der Waals surface area contributed by atoms with Crippen LogP contribution in [0, 0.1) is 5.92 Å². The van der Waals surface area contributed by atoms with E-state index in [1.807, 2.05) is 0 Å². The fraction of sp³-hybridized carbons (Fsp3) is 0.889. The van der Waals surface area contributed by atoms with Gasteiger partial charge in [-0.05, 0) is 25.7 Å². The Kier molecular flexibility index (Phi) is 3.09. The molecular weight excluding hydrogens is 154 g/mol. The van der Waals surface area contributed by atoms with Crippen molar-refractivity contribution in [1.29, 1.82) is 0 Å². The van der Waals surface area contributed by atoms with E-state index in [2.05, 4.69) is 0 Å². The standard InChI is InChI=1S/C9H17NO2/c1-10(2)9(12)7-3-5-8(11)6-4-7/h7-8,11H,3-6H2,1-2H3/t7-,8+. The van der Waals surface area contributed by atoms with Gasteiger partial charge in [0.1, 0.15) is 0 Å². The molecule has 1 saturated carbocycles. The van der Waals surface area contributed by atoms with Gasteiger partial charge in [-0.25, -0.2) is 0 Å². The average Bonchev–Trinajstić information content (AvgIpc) is 2.04. The molecule has 0 unspecified atom stereocenters. The summed E-state index contributed by atoms with van der Waals surface area (Å²) in [5.74, 6) is 0.366. The lowest BCUT2D eigenvalue weighted by Crippen LogP contribution is -2.33. The van der Waals surface area contributed by atoms with Crippen LogP contribution < -0.4 is 0 Å². The highest BCUT2D eigenvalue weighted by molar-refractivity contribution is 5.78. The minimum Gasteiger partial charge on any atom is -0.393 e. The van der Waals surface area contributed by atoms with E-state index in [1.165, 1.54) is 0 Å². The summed E-state index contributed by atoms with van der Waals surface area (Å²) in [7, 11) is 3.57. The van der Waals surface area contributed by atoms with Crippen LogP contribution in [0.4, 0.5) is 0 Å². The Hall–Kier alpha value is -0.570. The second-order valence-electron chi connectivity index (χ2n) is 3.74. The van der Waals surface area contributed by atoms with E-state index in [4.69, 9.17) is 0 Å². The van der Waals surface area contributed by atoms with Gasteiger partial charge in [0, 0.05) is 20.0 Å². The molecule has 0 radical (unpaired) electrons. The molecule has 1 aliphatic carbocycles. The third kappa shape index (κ3) is 2.21. The highest BCUT2D eigenvalue weighted by Gasteiger charge is 2.25. The van der Waals surface area contributed by atoms with E-state index >= 15 is 0 Å². The lowest BCUT2D eigenvalue weighted by atomic mass is 9.87. The van der Waals surface area contributed by atoms with Gasteiger partial charge in [0.25, 0.3) is 0 Å². The molecular formula is C9H17NO2. The lowest BCUT2D eigenvalue weighted by Gasteiger charge is -2.26. The fourth-order valence-corrected chi connectivity index (χ4v) is 1.69. The van der Waals surface area contributed by atoms with Gasteiger partial charge < -0.3 is 10.0 Å². The first-order valence-electron chi connectivity index (χ1n) is 4.50. The summed E-state index contributed by atoms with van der Waals surface area (Å²) >= 11 is 0. The summed E-state index contributed by atoms with van der Waals surface area (Å²) < 4.78 is 0. The molecule has 0 aromatic carbocycles. The van der Waals surface area contributed by atoms with Crippen molar-refractivity contribution >= 4 is 5.91 Å². The van der Waals surface area contributed by atoms with Gasteiger partial charge in [0.05, 0.1) is 6.10 Å². The first-order chi connectivity index (χ1) is 5.61. The summed E-state index contributed by atoms with van der Waals surface area (Å²) in [5, 5.41) is 9.22. The molecule has 0 spiro atoms. The zero-order valence-corrected chi connectivity index (χ0v) is 7.79. The molecule has 1 rings (SSSR count). The van der Waals surface area contributed by atoms with Gasteiger partial charge in [0.15, 0.2) is 0 Å². The number of carbonyl (C=O) groups is 1. The summed E-state index contributed by atoms with van der Waals surface area (Å²) in [5.41, 5.74) is 0. The van der Waals surface area contributed by atoms with Gasteiger partial charge in [-0.2, -0.15) is 0 Å². The third-order valence-corrected chi connectivity index (χ3v) is 2.49. The SMILES string of the molecule is CN(C)C(=O)[C@H]1CC[C@@H](O)CC1. The molecule has 0 saturated heterocycles. The van der Waals surface area contributed by atoms with Crippen LogP contribution in [0.2, 0.25) is 0 Å². The van der Waals surface area contributed by atoms with Gasteiger partial charge in [-0.1, -0.05) is 0 Å². The molecule has 12 heavy (non-hydrogen) atoms. The van der Waals surface area contributed by atoms with Crippen LogP contribution in [0.25, 0.3) is 0 Å². The topological polar surface area (TPSA) is 40.5 Å². The van der Waals surface area contributed by atoms with Crippen LogP contribution in [0.5, 0.6) is 0 Å². The second kappa shape index (κ2) is 3.90. The highest BCUT2D eigenvalue weighted by atomic mass is 16.3. The number of rotatable bonds is 1. The molecule has 1 amide bonds. The van der Waals surface area contributed by atoms with E-state index in [-0.39, 0.29) is 17.9 Å². The molecule has 1 fully saturated rings. The molecule has 0 aromatic rings. The normalized spacial score (nSPS) is 29.9. The lowest BCUT2D eigenvalue weighted by molar-refractivity contribution is -0.134. The van der Waals surface area contributed by atoms with Crippen LogP contribution in [-0.2, 0) is 4.79 Å². The number of hydrogen-bond donors (Lipinski definition) is 1. The predicted octanol–water partition coefficient (Wildman–Crippen LogP) is 0.626. The number of aliphatic hydroxyl groups is 1. The summed E-state index contributed by atoms with van der Waals surface area (Å²) in [6.45, 7) is 0. The average molecular weight is 171 g/mol. The number of hydrogen-bond acceptors (Lipinski definition) is 2. The maximum Gasteiger partial charge on any atom is 0.225 e. The van der Waals surface area contributed by atoms with Crippen LogP contribution in [0.1, 0.15) is 25.7 Å². The van der Waals surface area contributed by atoms with Crippen LogP contribution in [-0.4, -0.2) is 36.1 Å². The maximum atomic E-state index is 11.4. The minimum absolute atomic E-state index is 0.156. The molecule has 0 bridgehead atoms. The zero-order chi connectivity index (χ0) is 9.14. The van der Waals surface area contributed by atoms with E-state index in [1.54, 1.807) is 19.0 Å². The third-order valence-electron chi connectivity index (χ3n) is 2.49. The molecule has 0 heterocycles. The summed E-state index contributed by atoms with van der Waals surface area (Å²) in [4.78, 5) is 13.1. The Balaban J connectivity index is 2.39. The largest absolute Gasteiger partial charge is 0.393 e. The van der Waals surface area contributed by atoms with Crippen LogP contribution >= 0.6 is 0 Å². The number of nitrogens with zero attached hydrogens (tertiary/aromatic N) is 1. The monoisotopic (exact) mass is 171 g/mol. The van der Waals surface area contributed by atoms with Crippen molar-refractivity contribution in [2.24, 2.45) is 5.92 Å². The Labute approximate surface area is 73.4 Å².